The van der Waals surface area contributed by atoms with Gasteiger partial charge < -0.3 is 4.57 Å². The Kier molecular flexibility index (Phi) is 4.45. The van der Waals surface area contributed by atoms with Crippen molar-refractivity contribution in [1.82, 2.24) is 9.55 Å². The Hall–Kier alpha value is -0.900. The summed E-state index contributed by atoms with van der Waals surface area (Å²) in [5.41, 5.74) is -0.155. The Morgan fingerprint density at radius 2 is 2.09 bits per heavy atom. The Morgan fingerprint density at radius 1 is 1.55 bits per heavy atom. The molecule has 1 N–H and O–H groups in total. The van der Waals surface area contributed by atoms with Crippen LogP contribution < -0.4 is 5.56 Å². The molecule has 1 aromatic rings. The van der Waals surface area contributed by atoms with Crippen LogP contribution >= 0.6 is 12.2 Å². The first-order chi connectivity index (χ1) is 5.20. The predicted molar refractivity (Wildman–Crippen MR) is 48.2 cm³/mol. The number of nitrogens with zero attached hydrogens (tertiary/aromatic N) is 1. The number of hydrogen-bond acceptors (Lipinski definition) is 2. The number of H-pyrrole nitrogens is 1. The standard InChI is InChI=1S/C5H6N2OS.C2H6/c1-7-3-2-4(8)6-5(7)9;1-2/h2-3H,1H3,(H,6,8,9);1-2H3. The van der Waals surface area contributed by atoms with E-state index in [2.05, 4.69) is 4.98 Å². The quantitative estimate of drug-likeness (QED) is 0.602. The van der Waals surface area contributed by atoms with Gasteiger partial charge in [-0.2, -0.15) is 0 Å². The van der Waals surface area contributed by atoms with E-state index in [1.54, 1.807) is 17.8 Å². The molecule has 1 aromatic heterocycles. The Bertz CT molecular complexity index is 313. The summed E-state index contributed by atoms with van der Waals surface area (Å²) in [5.74, 6) is 0. The molecule has 0 saturated heterocycles. The molecule has 1 rings (SSSR count). The first kappa shape index (κ1) is 10.1. The van der Waals surface area contributed by atoms with Gasteiger partial charge in [-0.3, -0.25) is 9.78 Å². The van der Waals surface area contributed by atoms with E-state index in [-0.39, 0.29) is 5.56 Å². The van der Waals surface area contributed by atoms with Crippen molar-refractivity contribution in [1.29, 1.82) is 0 Å². The molecule has 0 aliphatic heterocycles. The smallest absolute Gasteiger partial charge is 0.251 e. The zero-order valence-corrected chi connectivity index (χ0v) is 7.73. The van der Waals surface area contributed by atoms with Crippen LogP contribution in [-0.2, 0) is 7.05 Å². The van der Waals surface area contributed by atoms with E-state index >= 15 is 0 Å². The monoisotopic (exact) mass is 172 g/mol. The Balaban J connectivity index is 0.000000461. The molecule has 0 amide bonds. The van der Waals surface area contributed by atoms with Crippen LogP contribution in [0.2, 0.25) is 0 Å². The van der Waals surface area contributed by atoms with E-state index in [0.717, 1.165) is 0 Å². The van der Waals surface area contributed by atoms with Crippen LogP contribution in [0.25, 0.3) is 0 Å². The van der Waals surface area contributed by atoms with Crippen molar-refractivity contribution in [2.45, 2.75) is 13.8 Å². The Labute approximate surface area is 70.7 Å². The Morgan fingerprint density at radius 3 is 2.45 bits per heavy atom. The molecule has 0 aliphatic rings. The number of aryl methyl sites for hydroxylation is 1. The lowest BCUT2D eigenvalue weighted by molar-refractivity contribution is 0.832. The lowest BCUT2D eigenvalue weighted by Crippen LogP contribution is -2.07. The van der Waals surface area contributed by atoms with E-state index in [0.29, 0.717) is 4.77 Å². The summed E-state index contributed by atoms with van der Waals surface area (Å²) in [7, 11) is 1.78. The van der Waals surface area contributed by atoms with Crippen LogP contribution in [0.5, 0.6) is 0 Å². The topological polar surface area (TPSA) is 37.8 Å². The molecule has 0 bridgehead atoms. The molecule has 62 valence electrons. The molecule has 0 fully saturated rings. The van der Waals surface area contributed by atoms with Crippen LogP contribution in [0.4, 0.5) is 0 Å². The fourth-order valence-electron chi connectivity index (χ4n) is 0.482. The second-order valence-corrected chi connectivity index (χ2v) is 2.11. The largest absolute Gasteiger partial charge is 0.328 e. The molecule has 0 spiro atoms. The highest BCUT2D eigenvalue weighted by Gasteiger charge is 1.82. The van der Waals surface area contributed by atoms with Crippen LogP contribution in [0.3, 0.4) is 0 Å². The van der Waals surface area contributed by atoms with Gasteiger partial charge in [0.25, 0.3) is 5.56 Å². The number of aromatic amines is 1. The minimum atomic E-state index is -0.155. The van der Waals surface area contributed by atoms with Crippen LogP contribution in [0, 0.1) is 4.77 Å². The molecule has 3 nitrogen and oxygen atoms in total. The number of aromatic nitrogens is 2. The lowest BCUT2D eigenvalue weighted by Gasteiger charge is -1.92. The summed E-state index contributed by atoms with van der Waals surface area (Å²) in [5, 5.41) is 0. The number of rotatable bonds is 0. The minimum Gasteiger partial charge on any atom is -0.328 e. The zero-order chi connectivity index (χ0) is 8.85. The van der Waals surface area contributed by atoms with E-state index in [1.165, 1.54) is 6.07 Å². The first-order valence-electron chi connectivity index (χ1n) is 3.46. The van der Waals surface area contributed by atoms with Gasteiger partial charge in [-0.1, -0.05) is 13.8 Å². The van der Waals surface area contributed by atoms with Gasteiger partial charge in [-0.15, -0.1) is 0 Å². The third-order valence-electron chi connectivity index (χ3n) is 1.000. The fourth-order valence-corrected chi connectivity index (χ4v) is 0.644. The number of hydrogen-bond donors (Lipinski definition) is 1. The molecular formula is C7H12N2OS. The van der Waals surface area contributed by atoms with Gasteiger partial charge >= 0.3 is 0 Å². The van der Waals surface area contributed by atoms with E-state index < -0.39 is 0 Å². The summed E-state index contributed by atoms with van der Waals surface area (Å²) >= 11 is 4.75. The lowest BCUT2D eigenvalue weighted by atomic mass is 10.6. The number of nitrogens with one attached hydrogen (secondary N) is 1. The molecule has 0 atom stereocenters. The van der Waals surface area contributed by atoms with Gasteiger partial charge in [0, 0.05) is 19.3 Å². The summed E-state index contributed by atoms with van der Waals surface area (Å²) in [6.07, 6.45) is 1.63. The summed E-state index contributed by atoms with van der Waals surface area (Å²) in [4.78, 5) is 13.0. The third kappa shape index (κ3) is 3.13. The van der Waals surface area contributed by atoms with Crippen molar-refractivity contribution in [3.8, 4) is 0 Å². The summed E-state index contributed by atoms with van der Waals surface area (Å²) in [6.45, 7) is 4.00. The maximum Gasteiger partial charge on any atom is 0.251 e. The van der Waals surface area contributed by atoms with Crippen molar-refractivity contribution in [2.75, 3.05) is 0 Å². The third-order valence-corrected chi connectivity index (χ3v) is 1.39. The molecule has 11 heavy (non-hydrogen) atoms. The molecule has 1 heterocycles. The van der Waals surface area contributed by atoms with Crippen LogP contribution in [0.15, 0.2) is 17.1 Å². The molecule has 0 unspecified atom stereocenters. The first-order valence-corrected chi connectivity index (χ1v) is 3.87. The minimum absolute atomic E-state index is 0.155. The maximum absolute atomic E-state index is 10.5. The van der Waals surface area contributed by atoms with Gasteiger partial charge in [0.05, 0.1) is 0 Å². The van der Waals surface area contributed by atoms with Crippen molar-refractivity contribution < 1.29 is 0 Å². The van der Waals surface area contributed by atoms with Crippen LogP contribution in [-0.4, -0.2) is 9.55 Å². The van der Waals surface area contributed by atoms with Crippen LogP contribution in [0.1, 0.15) is 13.8 Å². The van der Waals surface area contributed by atoms with Crippen molar-refractivity contribution in [2.24, 2.45) is 7.05 Å². The highest BCUT2D eigenvalue weighted by atomic mass is 32.1. The fraction of sp³-hybridized carbons (Fsp3) is 0.429. The summed E-state index contributed by atoms with van der Waals surface area (Å²) < 4.78 is 2.11. The van der Waals surface area contributed by atoms with Gasteiger partial charge in [0.15, 0.2) is 4.77 Å². The van der Waals surface area contributed by atoms with Gasteiger partial charge in [0.2, 0.25) is 0 Å². The molecular weight excluding hydrogens is 160 g/mol. The maximum atomic E-state index is 10.5. The normalized spacial score (nSPS) is 8.27. The van der Waals surface area contributed by atoms with E-state index in [4.69, 9.17) is 12.2 Å². The van der Waals surface area contributed by atoms with Crippen molar-refractivity contribution in [3.63, 3.8) is 0 Å². The van der Waals surface area contributed by atoms with E-state index in [9.17, 15) is 4.79 Å². The van der Waals surface area contributed by atoms with Gasteiger partial charge in [0.1, 0.15) is 0 Å². The predicted octanol–water partition coefficient (Wildman–Crippen LogP) is 1.47. The molecule has 4 heteroatoms. The molecule has 0 aliphatic carbocycles. The van der Waals surface area contributed by atoms with Gasteiger partial charge in [-0.25, -0.2) is 0 Å². The summed E-state index contributed by atoms with van der Waals surface area (Å²) in [6, 6.07) is 1.43. The molecule has 0 aromatic carbocycles. The SMILES string of the molecule is CC.Cn1ccc(=O)[nH]c1=S. The average molecular weight is 172 g/mol. The zero-order valence-electron chi connectivity index (χ0n) is 6.92. The second kappa shape index (κ2) is 4.85. The highest BCUT2D eigenvalue weighted by Crippen LogP contribution is 1.76. The molecule has 0 saturated carbocycles. The highest BCUT2D eigenvalue weighted by molar-refractivity contribution is 7.71. The average Bonchev–Trinajstić information content (AvgIpc) is 2.02. The second-order valence-electron chi connectivity index (χ2n) is 1.72. The van der Waals surface area contributed by atoms with Crippen molar-refractivity contribution in [3.05, 3.63) is 27.4 Å². The van der Waals surface area contributed by atoms with Crippen molar-refractivity contribution >= 4 is 12.2 Å². The van der Waals surface area contributed by atoms with E-state index in [1.807, 2.05) is 13.8 Å². The molecule has 0 radical (unpaired) electrons. The van der Waals surface area contributed by atoms with Gasteiger partial charge in [-0.05, 0) is 12.2 Å².